The first-order valence-corrected chi connectivity index (χ1v) is 6.42. The van der Waals surface area contributed by atoms with Crippen LogP contribution in [0.5, 0.6) is 0 Å². The lowest BCUT2D eigenvalue weighted by Crippen LogP contribution is -2.50. The number of halogens is 2. The monoisotopic (exact) mass is 317 g/mol. The number of nitrogens with one attached hydrogen (secondary N) is 1. The molecule has 0 bridgehead atoms. The van der Waals surface area contributed by atoms with Crippen molar-refractivity contribution in [1.82, 2.24) is 5.32 Å². The van der Waals surface area contributed by atoms with Crippen molar-refractivity contribution < 1.29 is 13.9 Å². The SMILES string of the molecule is COC(=O)C(C)(NC(C)C)c1ccc(F)cc1Br. The van der Waals surface area contributed by atoms with Gasteiger partial charge < -0.3 is 4.74 Å². The van der Waals surface area contributed by atoms with Crippen LogP contribution < -0.4 is 5.32 Å². The molecule has 1 aromatic carbocycles. The maximum Gasteiger partial charge on any atom is 0.330 e. The van der Waals surface area contributed by atoms with E-state index < -0.39 is 11.5 Å². The molecule has 1 N–H and O–H groups in total. The second kappa shape index (κ2) is 5.80. The molecule has 0 saturated carbocycles. The summed E-state index contributed by atoms with van der Waals surface area (Å²) in [7, 11) is 1.33. The van der Waals surface area contributed by atoms with Crippen molar-refractivity contribution in [3.05, 3.63) is 34.1 Å². The van der Waals surface area contributed by atoms with Crippen LogP contribution in [-0.4, -0.2) is 19.1 Å². The van der Waals surface area contributed by atoms with Gasteiger partial charge in [0.1, 0.15) is 11.4 Å². The van der Waals surface area contributed by atoms with E-state index in [9.17, 15) is 9.18 Å². The highest BCUT2D eigenvalue weighted by Gasteiger charge is 2.38. The summed E-state index contributed by atoms with van der Waals surface area (Å²) in [5.74, 6) is -0.772. The molecule has 3 nitrogen and oxygen atoms in total. The second-order valence-corrected chi connectivity index (χ2v) is 5.39. The van der Waals surface area contributed by atoms with Crippen molar-refractivity contribution in [2.45, 2.75) is 32.4 Å². The van der Waals surface area contributed by atoms with Crippen LogP contribution in [0.25, 0.3) is 0 Å². The molecule has 0 heterocycles. The van der Waals surface area contributed by atoms with Gasteiger partial charge in [0.05, 0.1) is 7.11 Å². The third-order valence-electron chi connectivity index (χ3n) is 2.64. The molecule has 0 aromatic heterocycles. The lowest BCUT2D eigenvalue weighted by Gasteiger charge is -2.31. The van der Waals surface area contributed by atoms with E-state index in [2.05, 4.69) is 21.2 Å². The van der Waals surface area contributed by atoms with Gasteiger partial charge in [0, 0.05) is 10.5 Å². The quantitative estimate of drug-likeness (QED) is 0.868. The van der Waals surface area contributed by atoms with Gasteiger partial charge >= 0.3 is 5.97 Å². The molecule has 0 fully saturated rings. The molecule has 0 aliphatic heterocycles. The molecule has 0 saturated heterocycles. The average Bonchev–Trinajstić information content (AvgIpc) is 2.26. The van der Waals surface area contributed by atoms with Crippen molar-refractivity contribution in [3.63, 3.8) is 0 Å². The lowest BCUT2D eigenvalue weighted by atomic mass is 9.91. The van der Waals surface area contributed by atoms with E-state index in [1.807, 2.05) is 13.8 Å². The van der Waals surface area contributed by atoms with Crippen LogP contribution in [0.3, 0.4) is 0 Å². The van der Waals surface area contributed by atoms with Crippen molar-refractivity contribution in [2.75, 3.05) is 7.11 Å². The Hall–Kier alpha value is -0.940. The maximum absolute atomic E-state index is 13.1. The topological polar surface area (TPSA) is 38.3 Å². The minimum absolute atomic E-state index is 0.0750. The van der Waals surface area contributed by atoms with Gasteiger partial charge in [-0.2, -0.15) is 0 Å². The van der Waals surface area contributed by atoms with E-state index in [1.54, 1.807) is 13.0 Å². The van der Waals surface area contributed by atoms with Crippen LogP contribution in [0.2, 0.25) is 0 Å². The van der Waals surface area contributed by atoms with Gasteiger partial charge in [-0.25, -0.2) is 9.18 Å². The standard InChI is InChI=1S/C13H17BrFNO2/c1-8(2)16-13(3,12(17)18-4)10-6-5-9(15)7-11(10)14/h5-8,16H,1-4H3. The Morgan fingerprint density at radius 3 is 2.56 bits per heavy atom. The van der Waals surface area contributed by atoms with Gasteiger partial charge in [0.25, 0.3) is 0 Å². The Labute approximate surface area is 115 Å². The number of carbonyl (C=O) groups excluding carboxylic acids is 1. The summed E-state index contributed by atoms with van der Waals surface area (Å²) in [6, 6.07) is 4.30. The fourth-order valence-corrected chi connectivity index (χ4v) is 2.67. The Bertz CT molecular complexity index is 451. The zero-order chi connectivity index (χ0) is 13.9. The summed E-state index contributed by atoms with van der Waals surface area (Å²) in [6.45, 7) is 5.58. The molecular formula is C13H17BrFNO2. The molecule has 0 aliphatic rings. The Morgan fingerprint density at radius 2 is 2.11 bits per heavy atom. The lowest BCUT2D eigenvalue weighted by molar-refractivity contribution is -0.148. The van der Waals surface area contributed by atoms with Gasteiger partial charge in [0.15, 0.2) is 0 Å². The molecule has 1 atom stereocenters. The summed E-state index contributed by atoms with van der Waals surface area (Å²) in [6.07, 6.45) is 0. The van der Waals surface area contributed by atoms with E-state index in [0.29, 0.717) is 10.0 Å². The molecule has 0 radical (unpaired) electrons. The number of ether oxygens (including phenoxy) is 1. The first-order chi connectivity index (χ1) is 8.31. The number of methoxy groups -OCH3 is 1. The van der Waals surface area contributed by atoms with Crippen LogP contribution in [0.15, 0.2) is 22.7 Å². The average molecular weight is 318 g/mol. The highest BCUT2D eigenvalue weighted by Crippen LogP contribution is 2.30. The molecule has 18 heavy (non-hydrogen) atoms. The second-order valence-electron chi connectivity index (χ2n) is 4.54. The number of benzene rings is 1. The fraction of sp³-hybridized carbons (Fsp3) is 0.462. The Morgan fingerprint density at radius 1 is 1.50 bits per heavy atom. The molecule has 0 spiro atoms. The minimum Gasteiger partial charge on any atom is -0.467 e. The highest BCUT2D eigenvalue weighted by molar-refractivity contribution is 9.10. The van der Waals surface area contributed by atoms with Crippen molar-refractivity contribution >= 4 is 21.9 Å². The van der Waals surface area contributed by atoms with Gasteiger partial charge in [-0.3, -0.25) is 5.32 Å². The van der Waals surface area contributed by atoms with Crippen LogP contribution >= 0.6 is 15.9 Å². The van der Waals surface area contributed by atoms with E-state index in [-0.39, 0.29) is 11.9 Å². The first-order valence-electron chi connectivity index (χ1n) is 5.63. The zero-order valence-corrected chi connectivity index (χ0v) is 12.5. The predicted octanol–water partition coefficient (Wildman–Crippen LogP) is 2.97. The van der Waals surface area contributed by atoms with Gasteiger partial charge in [0.2, 0.25) is 0 Å². The molecule has 0 aliphatic carbocycles. The Kier molecular flexibility index (Phi) is 4.87. The van der Waals surface area contributed by atoms with E-state index in [1.165, 1.54) is 19.2 Å². The number of hydrogen-bond donors (Lipinski definition) is 1. The van der Waals surface area contributed by atoms with Gasteiger partial charge in [-0.1, -0.05) is 22.0 Å². The molecule has 1 unspecified atom stereocenters. The number of esters is 1. The van der Waals surface area contributed by atoms with E-state index >= 15 is 0 Å². The van der Waals surface area contributed by atoms with E-state index in [4.69, 9.17) is 4.74 Å². The number of hydrogen-bond acceptors (Lipinski definition) is 3. The summed E-state index contributed by atoms with van der Waals surface area (Å²) >= 11 is 3.28. The fourth-order valence-electron chi connectivity index (χ4n) is 1.92. The zero-order valence-electron chi connectivity index (χ0n) is 10.9. The number of rotatable bonds is 4. The summed E-state index contributed by atoms with van der Waals surface area (Å²) < 4.78 is 18.5. The number of carbonyl (C=O) groups is 1. The van der Waals surface area contributed by atoms with Crippen molar-refractivity contribution in [3.8, 4) is 0 Å². The molecule has 1 aromatic rings. The normalized spacial score (nSPS) is 14.4. The van der Waals surface area contributed by atoms with Crippen LogP contribution in [0.1, 0.15) is 26.3 Å². The van der Waals surface area contributed by atoms with Gasteiger partial charge in [-0.05, 0) is 38.5 Å². The molecular weight excluding hydrogens is 301 g/mol. The van der Waals surface area contributed by atoms with Crippen molar-refractivity contribution in [2.24, 2.45) is 0 Å². The molecule has 5 heteroatoms. The van der Waals surface area contributed by atoms with Crippen molar-refractivity contribution in [1.29, 1.82) is 0 Å². The first kappa shape index (κ1) is 15.1. The van der Waals surface area contributed by atoms with Crippen LogP contribution in [0.4, 0.5) is 4.39 Å². The molecule has 100 valence electrons. The third-order valence-corrected chi connectivity index (χ3v) is 3.30. The predicted molar refractivity (Wildman–Crippen MR) is 71.7 cm³/mol. The summed E-state index contributed by atoms with van der Waals surface area (Å²) in [5, 5.41) is 3.16. The highest BCUT2D eigenvalue weighted by atomic mass is 79.9. The Balaban J connectivity index is 3.29. The van der Waals surface area contributed by atoms with Crippen LogP contribution in [-0.2, 0) is 15.1 Å². The summed E-state index contributed by atoms with van der Waals surface area (Å²) in [4.78, 5) is 12.0. The maximum atomic E-state index is 13.1. The smallest absolute Gasteiger partial charge is 0.330 e. The third kappa shape index (κ3) is 3.09. The largest absolute Gasteiger partial charge is 0.467 e. The molecule has 0 amide bonds. The molecule has 1 rings (SSSR count). The summed E-state index contributed by atoms with van der Waals surface area (Å²) in [5.41, 5.74) is -0.375. The van der Waals surface area contributed by atoms with Crippen LogP contribution in [0, 0.1) is 5.82 Å². The van der Waals surface area contributed by atoms with Gasteiger partial charge in [-0.15, -0.1) is 0 Å². The minimum atomic E-state index is -1.02. The van der Waals surface area contributed by atoms with E-state index in [0.717, 1.165) is 0 Å².